The maximum absolute atomic E-state index is 12.5. The molecule has 4 heteroatoms. The van der Waals surface area contributed by atoms with Crippen LogP contribution in [0.15, 0.2) is 22.8 Å². The predicted octanol–water partition coefficient (Wildman–Crippen LogP) is 3.35. The number of hydrogen-bond donors (Lipinski definition) is 0. The molecule has 0 N–H and O–H groups in total. The Labute approximate surface area is 117 Å². The van der Waals surface area contributed by atoms with E-state index < -0.39 is 0 Å². The molecule has 0 aliphatic carbocycles. The number of rotatable bonds is 1. The molecule has 1 fully saturated rings. The van der Waals surface area contributed by atoms with Crippen LogP contribution in [0, 0.1) is 11.8 Å². The van der Waals surface area contributed by atoms with Crippen molar-refractivity contribution < 1.29 is 4.79 Å². The number of carbonyl (C=O) groups is 1. The molecule has 1 saturated heterocycles. The summed E-state index contributed by atoms with van der Waals surface area (Å²) >= 11 is 3.33. The topological polar surface area (TPSA) is 33.2 Å². The summed E-state index contributed by atoms with van der Waals surface area (Å²) in [4.78, 5) is 18.6. The Kier molecular flexibility index (Phi) is 4.05. The molecule has 2 rings (SSSR count). The Morgan fingerprint density at radius 2 is 2.11 bits per heavy atom. The first-order chi connectivity index (χ1) is 8.49. The molecule has 3 nitrogen and oxygen atoms in total. The first-order valence-corrected chi connectivity index (χ1v) is 7.21. The van der Waals surface area contributed by atoms with Crippen LogP contribution in [-0.4, -0.2) is 28.4 Å². The Hall–Kier alpha value is -0.900. The van der Waals surface area contributed by atoms with Gasteiger partial charge in [-0.1, -0.05) is 13.8 Å². The first-order valence-electron chi connectivity index (χ1n) is 6.41. The van der Waals surface area contributed by atoms with Crippen LogP contribution in [0.2, 0.25) is 0 Å². The molecule has 18 heavy (non-hydrogen) atoms. The molecule has 2 heterocycles. The summed E-state index contributed by atoms with van der Waals surface area (Å²) in [5, 5.41) is 0. The third-order valence-corrected chi connectivity index (χ3v) is 4.27. The Morgan fingerprint density at radius 3 is 2.72 bits per heavy atom. The molecule has 0 saturated carbocycles. The van der Waals surface area contributed by atoms with E-state index in [1.807, 2.05) is 11.0 Å². The summed E-state index contributed by atoms with van der Waals surface area (Å²) in [6.45, 7) is 7.39. The van der Waals surface area contributed by atoms with Crippen LogP contribution in [0.5, 0.6) is 0 Å². The molecule has 1 amide bonds. The van der Waals surface area contributed by atoms with Crippen molar-refractivity contribution in [1.29, 1.82) is 0 Å². The first kappa shape index (κ1) is 13.5. The van der Waals surface area contributed by atoms with Gasteiger partial charge in [0.2, 0.25) is 0 Å². The van der Waals surface area contributed by atoms with Crippen LogP contribution in [0.4, 0.5) is 0 Å². The highest BCUT2D eigenvalue weighted by molar-refractivity contribution is 9.10. The van der Waals surface area contributed by atoms with Crippen molar-refractivity contribution in [2.75, 3.05) is 6.54 Å². The van der Waals surface area contributed by atoms with Crippen molar-refractivity contribution in [3.8, 4) is 0 Å². The Bertz CT molecular complexity index is 432. The largest absolute Gasteiger partial charge is 0.334 e. The molecule has 1 aliphatic heterocycles. The number of hydrogen-bond acceptors (Lipinski definition) is 2. The fraction of sp³-hybridized carbons (Fsp3) is 0.571. The summed E-state index contributed by atoms with van der Waals surface area (Å²) in [5.41, 5.74) is 0.534. The zero-order chi connectivity index (χ0) is 13.3. The van der Waals surface area contributed by atoms with Gasteiger partial charge in [-0.05, 0) is 53.2 Å². The Balaban J connectivity index is 2.19. The third-order valence-electron chi connectivity index (χ3n) is 3.81. The number of carbonyl (C=O) groups excluding carboxylic acids is 1. The van der Waals surface area contributed by atoms with E-state index in [4.69, 9.17) is 0 Å². The molecule has 0 spiro atoms. The van der Waals surface area contributed by atoms with Crippen LogP contribution in [0.3, 0.4) is 0 Å². The average molecular weight is 311 g/mol. The lowest BCUT2D eigenvalue weighted by Gasteiger charge is -2.40. The number of halogens is 1. The second-order valence-corrected chi connectivity index (χ2v) is 6.29. The number of aromatic nitrogens is 1. The van der Waals surface area contributed by atoms with Gasteiger partial charge in [-0.15, -0.1) is 0 Å². The van der Waals surface area contributed by atoms with Gasteiger partial charge < -0.3 is 4.90 Å². The maximum atomic E-state index is 12.5. The summed E-state index contributed by atoms with van der Waals surface area (Å²) in [6, 6.07) is 3.93. The lowest BCUT2D eigenvalue weighted by atomic mass is 9.86. The average Bonchev–Trinajstić information content (AvgIpc) is 2.34. The monoisotopic (exact) mass is 310 g/mol. The maximum Gasteiger partial charge on any atom is 0.272 e. The zero-order valence-electron chi connectivity index (χ0n) is 11.1. The number of piperidine rings is 1. The van der Waals surface area contributed by atoms with Crippen LogP contribution in [0.25, 0.3) is 0 Å². The number of pyridine rings is 1. The number of likely N-dealkylation sites (tertiary alicyclic amines) is 1. The lowest BCUT2D eigenvalue weighted by Crippen LogP contribution is -2.49. The summed E-state index contributed by atoms with van der Waals surface area (Å²) in [6.07, 6.45) is 2.87. The van der Waals surface area contributed by atoms with Gasteiger partial charge in [-0.2, -0.15) is 0 Å². The molecule has 1 aromatic heterocycles. The highest BCUT2D eigenvalue weighted by Gasteiger charge is 2.32. The normalized spacial score (nSPS) is 28.2. The molecule has 3 unspecified atom stereocenters. The highest BCUT2D eigenvalue weighted by atomic mass is 79.9. The van der Waals surface area contributed by atoms with Crippen molar-refractivity contribution in [2.45, 2.75) is 33.2 Å². The number of nitrogens with zero attached hydrogens (tertiary/aromatic N) is 2. The van der Waals surface area contributed by atoms with Gasteiger partial charge >= 0.3 is 0 Å². The molecule has 98 valence electrons. The van der Waals surface area contributed by atoms with Crippen molar-refractivity contribution >= 4 is 21.8 Å². The quantitative estimate of drug-likeness (QED) is 0.797. The lowest BCUT2D eigenvalue weighted by molar-refractivity contribution is 0.0450. The number of amides is 1. The van der Waals surface area contributed by atoms with Crippen molar-refractivity contribution in [2.24, 2.45) is 11.8 Å². The molecular formula is C14H19BrN2O. The smallest absolute Gasteiger partial charge is 0.272 e. The minimum Gasteiger partial charge on any atom is -0.334 e. The molecule has 0 bridgehead atoms. The van der Waals surface area contributed by atoms with E-state index in [1.165, 1.54) is 6.42 Å². The summed E-state index contributed by atoms with van der Waals surface area (Å²) in [7, 11) is 0. The van der Waals surface area contributed by atoms with Gasteiger partial charge in [-0.25, -0.2) is 4.98 Å². The van der Waals surface area contributed by atoms with Gasteiger partial charge in [0.25, 0.3) is 5.91 Å². The zero-order valence-corrected chi connectivity index (χ0v) is 12.6. The standard InChI is InChI=1S/C14H19BrN2O/c1-9-6-10(2)11(3)17(8-9)14(18)13-5-4-12(15)7-16-13/h4-5,7,9-11H,6,8H2,1-3H3. The minimum atomic E-state index is 0.0494. The summed E-state index contributed by atoms with van der Waals surface area (Å²) < 4.78 is 0.896. The van der Waals surface area contributed by atoms with Gasteiger partial charge in [0.1, 0.15) is 5.69 Å². The highest BCUT2D eigenvalue weighted by Crippen LogP contribution is 2.27. The van der Waals surface area contributed by atoms with Gasteiger partial charge in [-0.3, -0.25) is 4.79 Å². The summed E-state index contributed by atoms with van der Waals surface area (Å²) in [5.74, 6) is 1.16. The van der Waals surface area contributed by atoms with Gasteiger partial charge in [0.15, 0.2) is 0 Å². The van der Waals surface area contributed by atoms with Gasteiger partial charge in [0, 0.05) is 23.3 Å². The van der Waals surface area contributed by atoms with Crippen LogP contribution in [-0.2, 0) is 0 Å². The van der Waals surface area contributed by atoms with E-state index in [1.54, 1.807) is 12.3 Å². The van der Waals surface area contributed by atoms with Crippen molar-refractivity contribution in [3.63, 3.8) is 0 Å². The molecule has 1 aliphatic rings. The molecule has 3 atom stereocenters. The van der Waals surface area contributed by atoms with E-state index in [0.717, 1.165) is 11.0 Å². The van der Waals surface area contributed by atoms with Crippen LogP contribution in [0.1, 0.15) is 37.7 Å². The SMILES string of the molecule is CC1CC(C)C(C)N(C(=O)c2ccc(Br)cn2)C1. The van der Waals surface area contributed by atoms with E-state index in [2.05, 4.69) is 41.7 Å². The molecule has 0 aromatic carbocycles. The van der Waals surface area contributed by atoms with Crippen molar-refractivity contribution in [1.82, 2.24) is 9.88 Å². The van der Waals surface area contributed by atoms with Crippen LogP contribution < -0.4 is 0 Å². The minimum absolute atomic E-state index is 0.0494. The van der Waals surface area contributed by atoms with E-state index in [9.17, 15) is 4.79 Å². The fourth-order valence-electron chi connectivity index (χ4n) is 2.63. The predicted molar refractivity (Wildman–Crippen MR) is 75.4 cm³/mol. The molecule has 0 radical (unpaired) electrons. The fourth-order valence-corrected chi connectivity index (χ4v) is 2.87. The van der Waals surface area contributed by atoms with E-state index in [-0.39, 0.29) is 5.91 Å². The second kappa shape index (κ2) is 5.39. The second-order valence-electron chi connectivity index (χ2n) is 5.38. The third kappa shape index (κ3) is 2.74. The van der Waals surface area contributed by atoms with Crippen LogP contribution >= 0.6 is 15.9 Å². The Morgan fingerprint density at radius 1 is 1.39 bits per heavy atom. The van der Waals surface area contributed by atoms with E-state index in [0.29, 0.717) is 23.6 Å². The van der Waals surface area contributed by atoms with Crippen molar-refractivity contribution in [3.05, 3.63) is 28.5 Å². The molecular weight excluding hydrogens is 292 g/mol. The van der Waals surface area contributed by atoms with Gasteiger partial charge in [0.05, 0.1) is 0 Å². The molecule has 1 aromatic rings. The van der Waals surface area contributed by atoms with E-state index >= 15 is 0 Å².